The van der Waals surface area contributed by atoms with Gasteiger partial charge in [0.2, 0.25) is 11.8 Å². The van der Waals surface area contributed by atoms with Crippen molar-refractivity contribution in [2.75, 3.05) is 39.3 Å². The molecule has 3 rings (SSSR count). The number of amides is 2. The molecule has 1 aromatic rings. The first-order valence-electron chi connectivity index (χ1n) is 10.2. The van der Waals surface area contributed by atoms with Crippen LogP contribution < -0.4 is 0 Å². The number of hydrogen-bond acceptors (Lipinski definition) is 5. The molecule has 0 bridgehead atoms. The largest absolute Gasteiger partial charge is 0.342 e. The van der Waals surface area contributed by atoms with Gasteiger partial charge in [-0.25, -0.2) is 0 Å². The highest BCUT2D eigenvalue weighted by Crippen LogP contribution is 2.30. The minimum absolute atomic E-state index is 0.111. The Morgan fingerprint density at radius 1 is 1.07 bits per heavy atom. The molecule has 0 aliphatic carbocycles. The van der Waals surface area contributed by atoms with Crippen LogP contribution in [0.2, 0.25) is 0 Å². The summed E-state index contributed by atoms with van der Waals surface area (Å²) < 4.78 is 2.19. The molecule has 0 aromatic carbocycles. The zero-order valence-electron chi connectivity index (χ0n) is 16.9. The van der Waals surface area contributed by atoms with Crippen molar-refractivity contribution in [3.05, 3.63) is 11.6 Å². The molecule has 8 heteroatoms. The number of carbonyl (C=O) groups excluding carboxylic acids is 2. The molecule has 1 fully saturated rings. The van der Waals surface area contributed by atoms with Crippen molar-refractivity contribution < 1.29 is 9.59 Å². The lowest BCUT2D eigenvalue weighted by Crippen LogP contribution is -2.44. The quantitative estimate of drug-likeness (QED) is 0.769. The van der Waals surface area contributed by atoms with Crippen LogP contribution in [0.5, 0.6) is 0 Å². The Morgan fingerprint density at radius 3 is 2.56 bits per heavy atom. The van der Waals surface area contributed by atoms with Crippen LogP contribution in [0.1, 0.15) is 57.7 Å². The maximum Gasteiger partial charge on any atom is 0.236 e. The van der Waals surface area contributed by atoms with Crippen LogP contribution in [0.3, 0.4) is 0 Å². The third-order valence-corrected chi connectivity index (χ3v) is 5.87. The molecule has 0 spiro atoms. The first-order chi connectivity index (χ1) is 13.0. The minimum Gasteiger partial charge on any atom is -0.342 e. The van der Waals surface area contributed by atoms with E-state index in [0.717, 1.165) is 63.5 Å². The van der Waals surface area contributed by atoms with E-state index in [9.17, 15) is 9.59 Å². The van der Waals surface area contributed by atoms with Gasteiger partial charge in [-0.15, -0.1) is 10.2 Å². The predicted molar refractivity (Wildman–Crippen MR) is 102 cm³/mol. The van der Waals surface area contributed by atoms with Crippen molar-refractivity contribution in [2.45, 2.75) is 59.0 Å². The monoisotopic (exact) mass is 376 g/mol. The molecule has 8 nitrogen and oxygen atoms in total. The second-order valence-corrected chi connectivity index (χ2v) is 7.43. The maximum absolute atomic E-state index is 12.6. The van der Waals surface area contributed by atoms with Crippen LogP contribution in [0.25, 0.3) is 0 Å². The summed E-state index contributed by atoms with van der Waals surface area (Å²) in [7, 11) is 0. The molecule has 2 aliphatic rings. The van der Waals surface area contributed by atoms with E-state index in [2.05, 4.69) is 19.7 Å². The number of piperidine rings is 1. The smallest absolute Gasteiger partial charge is 0.236 e. The number of hydrogen-bond donors (Lipinski definition) is 0. The average Bonchev–Trinajstić information content (AvgIpc) is 2.93. The number of aromatic nitrogens is 3. The van der Waals surface area contributed by atoms with Gasteiger partial charge in [0.1, 0.15) is 11.6 Å². The minimum atomic E-state index is 0.111. The Hall–Kier alpha value is -1.96. The lowest BCUT2D eigenvalue weighted by Gasteiger charge is -2.35. The highest BCUT2D eigenvalue weighted by molar-refractivity contribution is 5.78. The molecule has 1 unspecified atom stereocenters. The molecule has 1 saturated heterocycles. The number of fused-ring (bicyclic) bond motifs is 1. The van der Waals surface area contributed by atoms with Crippen LogP contribution in [0, 0.1) is 0 Å². The second kappa shape index (κ2) is 8.82. The van der Waals surface area contributed by atoms with E-state index < -0.39 is 0 Å². The number of nitrogens with zero attached hydrogens (tertiary/aromatic N) is 6. The van der Waals surface area contributed by atoms with Gasteiger partial charge in [0.15, 0.2) is 0 Å². The van der Waals surface area contributed by atoms with Crippen molar-refractivity contribution in [2.24, 2.45) is 0 Å². The van der Waals surface area contributed by atoms with Gasteiger partial charge in [-0.05, 0) is 33.2 Å². The molecule has 0 saturated carbocycles. The van der Waals surface area contributed by atoms with Crippen molar-refractivity contribution in [1.82, 2.24) is 29.5 Å². The Kier molecular flexibility index (Phi) is 6.46. The fourth-order valence-electron chi connectivity index (χ4n) is 4.23. The second-order valence-electron chi connectivity index (χ2n) is 7.43. The van der Waals surface area contributed by atoms with Crippen molar-refractivity contribution in [3.63, 3.8) is 0 Å². The zero-order valence-corrected chi connectivity index (χ0v) is 16.9. The summed E-state index contributed by atoms with van der Waals surface area (Å²) in [4.78, 5) is 30.4. The topological polar surface area (TPSA) is 74.6 Å². The molecule has 150 valence electrons. The maximum atomic E-state index is 12.6. The molecule has 3 heterocycles. The van der Waals surface area contributed by atoms with E-state index in [-0.39, 0.29) is 17.9 Å². The summed E-state index contributed by atoms with van der Waals surface area (Å²) in [6.45, 7) is 10.6. The summed E-state index contributed by atoms with van der Waals surface area (Å²) in [6, 6.07) is 0.128. The van der Waals surface area contributed by atoms with Crippen LogP contribution in [-0.2, 0) is 22.6 Å². The molecule has 0 radical (unpaired) electrons. The average molecular weight is 377 g/mol. The highest BCUT2D eigenvalue weighted by Gasteiger charge is 2.32. The van der Waals surface area contributed by atoms with Gasteiger partial charge in [-0.2, -0.15) is 0 Å². The van der Waals surface area contributed by atoms with Gasteiger partial charge in [-0.3, -0.25) is 14.5 Å². The summed E-state index contributed by atoms with van der Waals surface area (Å²) >= 11 is 0. The van der Waals surface area contributed by atoms with E-state index in [0.29, 0.717) is 19.6 Å². The van der Waals surface area contributed by atoms with Crippen LogP contribution >= 0.6 is 0 Å². The highest BCUT2D eigenvalue weighted by atomic mass is 16.2. The zero-order chi connectivity index (χ0) is 19.4. The summed E-state index contributed by atoms with van der Waals surface area (Å²) in [6.07, 6.45) is 3.99. The van der Waals surface area contributed by atoms with Crippen LogP contribution in [0.4, 0.5) is 0 Å². The summed E-state index contributed by atoms with van der Waals surface area (Å²) in [5.74, 6) is 2.21. The SMILES string of the molecule is CCN(CC)C(=O)CN1CCCCC1c1nnc2n1CCN(C(C)=O)CC2. The molecular formula is C19H32N6O2. The number of likely N-dealkylation sites (tertiary alicyclic amines) is 1. The Morgan fingerprint density at radius 2 is 1.85 bits per heavy atom. The molecule has 0 N–H and O–H groups in total. The Balaban J connectivity index is 1.77. The fourth-order valence-corrected chi connectivity index (χ4v) is 4.23. The third kappa shape index (κ3) is 4.31. The van der Waals surface area contributed by atoms with Gasteiger partial charge >= 0.3 is 0 Å². The van der Waals surface area contributed by atoms with E-state index >= 15 is 0 Å². The van der Waals surface area contributed by atoms with Gasteiger partial charge in [-0.1, -0.05) is 6.42 Å². The van der Waals surface area contributed by atoms with Gasteiger partial charge in [0.05, 0.1) is 12.6 Å². The third-order valence-electron chi connectivity index (χ3n) is 5.87. The van der Waals surface area contributed by atoms with Crippen LogP contribution in [-0.4, -0.2) is 80.5 Å². The van der Waals surface area contributed by atoms with Gasteiger partial charge in [0.25, 0.3) is 0 Å². The molecule has 1 aromatic heterocycles. The summed E-state index contributed by atoms with van der Waals surface area (Å²) in [5, 5.41) is 8.94. The van der Waals surface area contributed by atoms with Gasteiger partial charge < -0.3 is 14.4 Å². The van der Waals surface area contributed by atoms with Crippen molar-refractivity contribution in [3.8, 4) is 0 Å². The van der Waals surface area contributed by atoms with E-state index in [4.69, 9.17) is 0 Å². The lowest BCUT2D eigenvalue weighted by atomic mass is 10.0. The van der Waals surface area contributed by atoms with E-state index in [1.165, 1.54) is 0 Å². The molecular weight excluding hydrogens is 344 g/mol. The van der Waals surface area contributed by atoms with E-state index in [1.807, 2.05) is 23.6 Å². The first-order valence-corrected chi connectivity index (χ1v) is 10.2. The summed E-state index contributed by atoms with van der Waals surface area (Å²) in [5.41, 5.74) is 0. The molecule has 2 aliphatic heterocycles. The number of carbonyl (C=O) groups is 2. The predicted octanol–water partition coefficient (Wildman–Crippen LogP) is 1.08. The molecule has 2 amide bonds. The van der Waals surface area contributed by atoms with Crippen molar-refractivity contribution >= 4 is 11.8 Å². The molecule has 27 heavy (non-hydrogen) atoms. The fraction of sp³-hybridized carbons (Fsp3) is 0.789. The number of likely N-dealkylation sites (N-methyl/N-ethyl adjacent to an activating group) is 1. The van der Waals surface area contributed by atoms with E-state index in [1.54, 1.807) is 6.92 Å². The molecule has 1 atom stereocenters. The normalized spacial score (nSPS) is 20.9. The van der Waals surface area contributed by atoms with Crippen molar-refractivity contribution in [1.29, 1.82) is 0 Å². The first kappa shape index (κ1) is 19.8. The Bertz CT molecular complexity index is 669. The standard InChI is InChI=1S/C19H32N6O2/c1-4-22(5-2)18(27)14-24-10-7-6-8-16(24)19-21-20-17-9-11-23(15(3)26)12-13-25(17)19/h16H,4-14H2,1-3H3. The Labute approximate surface area is 161 Å². The lowest BCUT2D eigenvalue weighted by molar-refractivity contribution is -0.133. The number of rotatable bonds is 5. The van der Waals surface area contributed by atoms with Crippen LogP contribution in [0.15, 0.2) is 0 Å². The van der Waals surface area contributed by atoms with Gasteiger partial charge in [0, 0.05) is 46.1 Å².